The summed E-state index contributed by atoms with van der Waals surface area (Å²) in [5.74, 6) is 0.764. The molecule has 6 heteroatoms. The van der Waals surface area contributed by atoms with Crippen molar-refractivity contribution in [3.8, 4) is 0 Å². The number of anilines is 1. The van der Waals surface area contributed by atoms with Crippen LogP contribution in [-0.2, 0) is 0 Å². The Labute approximate surface area is 116 Å². The molecule has 0 saturated carbocycles. The third-order valence-corrected chi connectivity index (χ3v) is 3.62. The van der Waals surface area contributed by atoms with Gasteiger partial charge in [0.25, 0.3) is 5.91 Å². The van der Waals surface area contributed by atoms with E-state index in [0.717, 1.165) is 3.57 Å². The van der Waals surface area contributed by atoms with Gasteiger partial charge in [-0.1, -0.05) is 16.8 Å². The smallest absolute Gasteiger partial charge is 0.256 e. The molecule has 1 N–H and O–H groups in total. The van der Waals surface area contributed by atoms with E-state index in [-0.39, 0.29) is 5.91 Å². The third-order valence-electron chi connectivity index (χ3n) is 2.05. The van der Waals surface area contributed by atoms with Crippen molar-refractivity contribution in [3.05, 3.63) is 44.2 Å². The number of amides is 1. The van der Waals surface area contributed by atoms with E-state index in [1.165, 1.54) is 0 Å². The quantitative estimate of drug-likeness (QED) is 0.832. The molecular weight excluding hydrogens is 354 g/mol. The Morgan fingerprint density at radius 3 is 2.82 bits per heavy atom. The van der Waals surface area contributed by atoms with E-state index in [1.807, 2.05) is 0 Å². The number of nitrogens with one attached hydrogen (secondary N) is 1. The van der Waals surface area contributed by atoms with E-state index >= 15 is 0 Å². The number of aromatic nitrogens is 1. The van der Waals surface area contributed by atoms with Crippen LogP contribution < -0.4 is 5.32 Å². The number of carbonyl (C=O) groups excluding carboxylic acids is 1. The summed E-state index contributed by atoms with van der Waals surface area (Å²) in [6, 6.07) is 6.75. The van der Waals surface area contributed by atoms with Gasteiger partial charge in [0.1, 0.15) is 5.76 Å². The molecule has 1 aromatic carbocycles. The maximum atomic E-state index is 11.8. The zero-order chi connectivity index (χ0) is 12.4. The summed E-state index contributed by atoms with van der Waals surface area (Å²) in [4.78, 5) is 11.8. The van der Waals surface area contributed by atoms with Gasteiger partial charge in [-0.15, -0.1) is 0 Å². The van der Waals surface area contributed by atoms with Crippen LogP contribution in [0.5, 0.6) is 0 Å². The first-order valence-corrected chi connectivity index (χ1v) is 6.21. The van der Waals surface area contributed by atoms with Gasteiger partial charge < -0.3 is 9.84 Å². The number of benzene rings is 1. The maximum Gasteiger partial charge on any atom is 0.256 e. The standard InChI is InChI=1S/C11H8ClIN2O2/c1-6-4-10(15-17-6)14-11(16)7-2-3-9(13)8(12)5-7/h2-5H,1H3,(H,14,15,16). The highest BCUT2D eigenvalue weighted by Gasteiger charge is 2.10. The lowest BCUT2D eigenvalue weighted by atomic mass is 10.2. The fourth-order valence-corrected chi connectivity index (χ4v) is 1.77. The van der Waals surface area contributed by atoms with Gasteiger partial charge in [0, 0.05) is 15.2 Å². The van der Waals surface area contributed by atoms with Crippen LogP contribution >= 0.6 is 34.2 Å². The molecule has 1 amide bonds. The molecule has 2 aromatic rings. The van der Waals surface area contributed by atoms with Crippen LogP contribution in [-0.4, -0.2) is 11.1 Å². The van der Waals surface area contributed by atoms with E-state index in [0.29, 0.717) is 22.2 Å². The molecule has 0 bridgehead atoms. The number of hydrogen-bond donors (Lipinski definition) is 1. The van der Waals surface area contributed by atoms with E-state index in [4.69, 9.17) is 16.1 Å². The van der Waals surface area contributed by atoms with Crippen LogP contribution in [0.15, 0.2) is 28.8 Å². The number of hydrogen-bond acceptors (Lipinski definition) is 3. The Bertz CT molecular complexity index is 568. The highest BCUT2D eigenvalue weighted by molar-refractivity contribution is 14.1. The number of rotatable bonds is 2. The Morgan fingerprint density at radius 2 is 2.24 bits per heavy atom. The van der Waals surface area contributed by atoms with E-state index in [1.54, 1.807) is 31.2 Å². The van der Waals surface area contributed by atoms with Gasteiger partial charge in [-0.2, -0.15) is 0 Å². The molecule has 0 fully saturated rings. The fraction of sp³-hybridized carbons (Fsp3) is 0.0909. The summed E-state index contributed by atoms with van der Waals surface area (Å²) in [5, 5.41) is 6.85. The first kappa shape index (κ1) is 12.4. The molecule has 0 aliphatic carbocycles. The second-order valence-corrected chi connectivity index (χ2v) is 4.98. The predicted octanol–water partition coefficient (Wildman–Crippen LogP) is 3.49. The SMILES string of the molecule is Cc1cc(NC(=O)c2ccc(I)c(Cl)c2)no1. The average Bonchev–Trinajstić information content (AvgIpc) is 2.68. The summed E-state index contributed by atoms with van der Waals surface area (Å²) in [7, 11) is 0. The maximum absolute atomic E-state index is 11.8. The van der Waals surface area contributed by atoms with Crippen molar-refractivity contribution < 1.29 is 9.32 Å². The van der Waals surface area contributed by atoms with Crippen molar-refractivity contribution in [2.24, 2.45) is 0 Å². The van der Waals surface area contributed by atoms with E-state index in [2.05, 4.69) is 33.1 Å². The highest BCUT2D eigenvalue weighted by Crippen LogP contribution is 2.20. The van der Waals surface area contributed by atoms with Crippen molar-refractivity contribution in [1.29, 1.82) is 0 Å². The molecule has 4 nitrogen and oxygen atoms in total. The molecule has 0 saturated heterocycles. The molecule has 1 heterocycles. The minimum atomic E-state index is -0.267. The number of aryl methyl sites for hydroxylation is 1. The molecule has 1 aromatic heterocycles. The fourth-order valence-electron chi connectivity index (χ4n) is 1.25. The van der Waals surface area contributed by atoms with Gasteiger partial charge in [-0.3, -0.25) is 4.79 Å². The van der Waals surface area contributed by atoms with E-state index in [9.17, 15) is 4.79 Å². The molecule has 88 valence electrons. The van der Waals surface area contributed by atoms with Crippen LogP contribution in [0, 0.1) is 10.5 Å². The third kappa shape index (κ3) is 2.98. The Morgan fingerprint density at radius 1 is 1.47 bits per heavy atom. The summed E-state index contributed by atoms with van der Waals surface area (Å²) in [5.41, 5.74) is 0.482. The molecule has 0 spiro atoms. The molecule has 0 atom stereocenters. The van der Waals surface area contributed by atoms with Gasteiger partial charge in [-0.25, -0.2) is 0 Å². The summed E-state index contributed by atoms with van der Waals surface area (Å²) in [6.07, 6.45) is 0. The summed E-state index contributed by atoms with van der Waals surface area (Å²) >= 11 is 8.04. The molecule has 0 unspecified atom stereocenters. The molecule has 0 aliphatic rings. The Hall–Kier alpha value is -1.08. The topological polar surface area (TPSA) is 55.1 Å². The Kier molecular flexibility index (Phi) is 3.68. The van der Waals surface area contributed by atoms with Crippen LogP contribution in [0.1, 0.15) is 16.1 Å². The van der Waals surface area contributed by atoms with Crippen LogP contribution in [0.2, 0.25) is 5.02 Å². The van der Waals surface area contributed by atoms with Crippen molar-refractivity contribution in [2.75, 3.05) is 5.32 Å². The van der Waals surface area contributed by atoms with Gasteiger partial charge in [0.2, 0.25) is 0 Å². The zero-order valence-electron chi connectivity index (χ0n) is 8.83. The summed E-state index contributed by atoms with van der Waals surface area (Å²) in [6.45, 7) is 1.75. The zero-order valence-corrected chi connectivity index (χ0v) is 11.7. The van der Waals surface area contributed by atoms with Gasteiger partial charge in [-0.05, 0) is 47.7 Å². The van der Waals surface area contributed by atoms with E-state index < -0.39 is 0 Å². The van der Waals surface area contributed by atoms with Crippen LogP contribution in [0.4, 0.5) is 5.82 Å². The second kappa shape index (κ2) is 5.05. The highest BCUT2D eigenvalue weighted by atomic mass is 127. The Balaban J connectivity index is 2.17. The predicted molar refractivity (Wildman–Crippen MR) is 73.4 cm³/mol. The van der Waals surface area contributed by atoms with Crippen molar-refractivity contribution in [3.63, 3.8) is 0 Å². The minimum Gasteiger partial charge on any atom is -0.360 e. The largest absolute Gasteiger partial charge is 0.360 e. The lowest BCUT2D eigenvalue weighted by Gasteiger charge is -2.02. The number of halogens is 2. The van der Waals surface area contributed by atoms with Gasteiger partial charge in [0.15, 0.2) is 5.82 Å². The molecule has 2 rings (SSSR count). The first-order chi connectivity index (χ1) is 8.06. The van der Waals surface area contributed by atoms with Crippen molar-refractivity contribution >= 4 is 45.9 Å². The lowest BCUT2D eigenvalue weighted by molar-refractivity contribution is 0.102. The van der Waals surface area contributed by atoms with Crippen LogP contribution in [0.3, 0.4) is 0 Å². The number of carbonyl (C=O) groups is 1. The molecule has 17 heavy (non-hydrogen) atoms. The second-order valence-electron chi connectivity index (χ2n) is 3.41. The summed E-state index contributed by atoms with van der Waals surface area (Å²) < 4.78 is 5.75. The minimum absolute atomic E-state index is 0.267. The molecular formula is C11H8ClIN2O2. The monoisotopic (exact) mass is 362 g/mol. The van der Waals surface area contributed by atoms with Gasteiger partial charge in [0.05, 0.1) is 5.02 Å². The van der Waals surface area contributed by atoms with Crippen LogP contribution in [0.25, 0.3) is 0 Å². The average molecular weight is 363 g/mol. The van der Waals surface area contributed by atoms with Crippen molar-refractivity contribution in [1.82, 2.24) is 5.16 Å². The van der Waals surface area contributed by atoms with Crippen molar-refractivity contribution in [2.45, 2.75) is 6.92 Å². The normalized spacial score (nSPS) is 10.3. The van der Waals surface area contributed by atoms with Gasteiger partial charge >= 0.3 is 0 Å². The molecule has 0 aliphatic heterocycles. The number of nitrogens with zero attached hydrogens (tertiary/aromatic N) is 1. The molecule has 0 radical (unpaired) electrons. The lowest BCUT2D eigenvalue weighted by Crippen LogP contribution is -2.12. The first-order valence-electron chi connectivity index (χ1n) is 4.76.